The molecule has 1 unspecified atom stereocenters. The maximum absolute atomic E-state index is 12.3. The third kappa shape index (κ3) is 9.45. The molecule has 13 heteroatoms. The second-order valence-electron chi connectivity index (χ2n) is 6.94. The van der Waals surface area contributed by atoms with Crippen molar-refractivity contribution in [3.8, 4) is 0 Å². The van der Waals surface area contributed by atoms with Crippen LogP contribution >= 0.6 is 11.6 Å². The highest BCUT2D eigenvalue weighted by Gasteiger charge is 2.24. The van der Waals surface area contributed by atoms with Crippen molar-refractivity contribution in [1.29, 1.82) is 0 Å². The standard InChI is InChI=1S/C20H25ClN6O5S/c21-15-3-1-2-14(8-15)12-33(31,32)27-17(11-28)19(30)25-10-18(29)24-9-13-4-6-16(7-5-13)26-20(22)23/h1-8,17,27-28H,9-12H2,(H,24,29)(H,25,30)(H4,22,23,26). The Balaban J connectivity index is 1.82. The Morgan fingerprint density at radius 3 is 2.36 bits per heavy atom. The average molecular weight is 497 g/mol. The summed E-state index contributed by atoms with van der Waals surface area (Å²) in [5.41, 5.74) is 12.3. The number of amides is 2. The minimum absolute atomic E-state index is 0.0697. The number of benzene rings is 2. The van der Waals surface area contributed by atoms with Crippen LogP contribution in [0.15, 0.2) is 53.5 Å². The number of nitrogens with two attached hydrogens (primary N) is 2. The predicted octanol–water partition coefficient (Wildman–Crippen LogP) is -0.542. The van der Waals surface area contributed by atoms with Crippen LogP contribution in [0.25, 0.3) is 0 Å². The van der Waals surface area contributed by atoms with Crippen LogP contribution in [0.2, 0.25) is 5.02 Å². The van der Waals surface area contributed by atoms with E-state index in [0.29, 0.717) is 16.3 Å². The van der Waals surface area contributed by atoms with E-state index in [1.807, 2.05) is 0 Å². The zero-order valence-electron chi connectivity index (χ0n) is 17.5. The lowest BCUT2D eigenvalue weighted by Crippen LogP contribution is -2.50. The van der Waals surface area contributed by atoms with Crippen LogP contribution in [-0.4, -0.2) is 50.5 Å². The number of aliphatic hydroxyl groups is 1. The SMILES string of the molecule is NC(N)=Nc1ccc(CNC(=O)CNC(=O)C(CO)NS(=O)(=O)Cc2cccc(Cl)c2)cc1. The molecule has 178 valence electrons. The van der Waals surface area contributed by atoms with Crippen LogP contribution in [0.1, 0.15) is 11.1 Å². The van der Waals surface area contributed by atoms with Gasteiger partial charge in [0.2, 0.25) is 21.8 Å². The van der Waals surface area contributed by atoms with Crippen LogP contribution < -0.4 is 26.8 Å². The van der Waals surface area contributed by atoms with Gasteiger partial charge in [0.05, 0.1) is 24.6 Å². The van der Waals surface area contributed by atoms with Gasteiger partial charge < -0.3 is 27.2 Å². The lowest BCUT2D eigenvalue weighted by molar-refractivity contribution is -0.127. The highest BCUT2D eigenvalue weighted by Crippen LogP contribution is 2.13. The molecule has 0 aromatic heterocycles. The molecule has 0 aliphatic carbocycles. The summed E-state index contributed by atoms with van der Waals surface area (Å²) in [6.07, 6.45) is 0. The van der Waals surface area contributed by atoms with Crippen LogP contribution in [0.4, 0.5) is 5.69 Å². The van der Waals surface area contributed by atoms with Gasteiger partial charge >= 0.3 is 0 Å². The molecule has 1 atom stereocenters. The van der Waals surface area contributed by atoms with E-state index in [1.54, 1.807) is 42.5 Å². The van der Waals surface area contributed by atoms with Crippen LogP contribution in [-0.2, 0) is 31.9 Å². The molecule has 0 radical (unpaired) electrons. The summed E-state index contributed by atoms with van der Waals surface area (Å²) in [5.74, 6) is -1.85. The second-order valence-corrected chi connectivity index (χ2v) is 9.13. The van der Waals surface area contributed by atoms with Crippen molar-refractivity contribution in [2.45, 2.75) is 18.3 Å². The Morgan fingerprint density at radius 2 is 1.76 bits per heavy atom. The Labute approximate surface area is 196 Å². The number of carbonyl (C=O) groups excluding carboxylic acids is 2. The number of nitrogens with zero attached hydrogens (tertiary/aromatic N) is 1. The number of guanidine groups is 1. The number of sulfonamides is 1. The number of carbonyl (C=O) groups is 2. The van der Waals surface area contributed by atoms with Gasteiger partial charge in [-0.3, -0.25) is 9.59 Å². The van der Waals surface area contributed by atoms with E-state index in [-0.39, 0.29) is 12.5 Å². The topological polar surface area (TPSA) is 189 Å². The summed E-state index contributed by atoms with van der Waals surface area (Å²) in [5, 5.41) is 14.7. The van der Waals surface area contributed by atoms with Crippen molar-refractivity contribution in [3.63, 3.8) is 0 Å². The molecule has 0 heterocycles. The minimum atomic E-state index is -3.96. The van der Waals surface area contributed by atoms with Crippen molar-refractivity contribution < 1.29 is 23.1 Å². The normalized spacial score (nSPS) is 11.9. The Morgan fingerprint density at radius 1 is 1.06 bits per heavy atom. The fourth-order valence-electron chi connectivity index (χ4n) is 2.67. The number of hydrogen-bond acceptors (Lipinski definition) is 6. The molecule has 2 rings (SSSR count). The molecule has 2 amide bonds. The van der Waals surface area contributed by atoms with Crippen LogP contribution in [0.5, 0.6) is 0 Å². The van der Waals surface area contributed by atoms with Crippen molar-refractivity contribution in [1.82, 2.24) is 15.4 Å². The maximum atomic E-state index is 12.3. The number of nitrogens with one attached hydrogen (secondary N) is 3. The molecule has 0 saturated carbocycles. The fraction of sp³-hybridized carbons (Fsp3) is 0.250. The first-order valence-electron chi connectivity index (χ1n) is 9.66. The van der Waals surface area contributed by atoms with Crippen LogP contribution in [0, 0.1) is 0 Å². The summed E-state index contributed by atoms with van der Waals surface area (Å²) in [6, 6.07) is 11.6. The van der Waals surface area contributed by atoms with Crippen molar-refractivity contribution >= 4 is 45.1 Å². The molecule has 11 nitrogen and oxygen atoms in total. The molecule has 0 spiro atoms. The van der Waals surface area contributed by atoms with E-state index in [4.69, 9.17) is 23.1 Å². The van der Waals surface area contributed by atoms with Crippen molar-refractivity contribution in [2.75, 3.05) is 13.2 Å². The lowest BCUT2D eigenvalue weighted by atomic mass is 10.2. The molecule has 0 aliphatic heterocycles. The molecule has 0 bridgehead atoms. The zero-order valence-corrected chi connectivity index (χ0v) is 19.1. The lowest BCUT2D eigenvalue weighted by Gasteiger charge is -2.16. The van der Waals surface area contributed by atoms with Gasteiger partial charge in [0.25, 0.3) is 0 Å². The Hall–Kier alpha value is -3.19. The first-order chi connectivity index (χ1) is 15.6. The molecule has 0 fully saturated rings. The Kier molecular flexibility index (Phi) is 9.60. The van der Waals surface area contributed by atoms with E-state index in [2.05, 4.69) is 20.3 Å². The van der Waals surface area contributed by atoms with E-state index in [0.717, 1.165) is 5.56 Å². The number of aliphatic imine (C=N–C) groups is 1. The second kappa shape index (κ2) is 12.2. The van der Waals surface area contributed by atoms with Crippen LogP contribution in [0.3, 0.4) is 0 Å². The summed E-state index contributed by atoms with van der Waals surface area (Å²) >= 11 is 5.85. The molecule has 2 aromatic rings. The zero-order chi connectivity index (χ0) is 24.4. The minimum Gasteiger partial charge on any atom is -0.394 e. The molecule has 0 saturated heterocycles. The van der Waals surface area contributed by atoms with Gasteiger partial charge in [-0.05, 0) is 35.4 Å². The molecule has 8 N–H and O–H groups in total. The van der Waals surface area contributed by atoms with Gasteiger partial charge in [-0.25, -0.2) is 18.1 Å². The largest absolute Gasteiger partial charge is 0.394 e. The number of aliphatic hydroxyl groups excluding tert-OH is 1. The van der Waals surface area contributed by atoms with E-state index >= 15 is 0 Å². The third-order valence-electron chi connectivity index (χ3n) is 4.17. The fourth-order valence-corrected chi connectivity index (χ4v) is 4.20. The van der Waals surface area contributed by atoms with Gasteiger partial charge in [-0.15, -0.1) is 0 Å². The average Bonchev–Trinajstić information content (AvgIpc) is 2.74. The van der Waals surface area contributed by atoms with E-state index in [1.165, 1.54) is 6.07 Å². The van der Waals surface area contributed by atoms with Crippen molar-refractivity contribution in [3.05, 3.63) is 64.7 Å². The number of halogens is 1. The smallest absolute Gasteiger partial charge is 0.240 e. The summed E-state index contributed by atoms with van der Waals surface area (Å²) < 4.78 is 26.8. The van der Waals surface area contributed by atoms with E-state index in [9.17, 15) is 23.1 Å². The summed E-state index contributed by atoms with van der Waals surface area (Å²) in [7, 11) is -3.96. The summed E-state index contributed by atoms with van der Waals surface area (Å²) in [4.78, 5) is 28.1. The first-order valence-corrected chi connectivity index (χ1v) is 11.7. The number of hydrogen-bond donors (Lipinski definition) is 6. The van der Waals surface area contributed by atoms with Gasteiger partial charge in [0.1, 0.15) is 6.04 Å². The molecule has 33 heavy (non-hydrogen) atoms. The quantitative estimate of drug-likeness (QED) is 0.178. The monoisotopic (exact) mass is 496 g/mol. The van der Waals surface area contributed by atoms with Gasteiger partial charge in [-0.1, -0.05) is 35.9 Å². The molecule has 0 aliphatic rings. The molecular weight excluding hydrogens is 472 g/mol. The first kappa shape index (κ1) is 26.1. The molecule has 2 aromatic carbocycles. The number of rotatable bonds is 11. The van der Waals surface area contributed by atoms with Gasteiger partial charge in [0, 0.05) is 11.6 Å². The highest BCUT2D eigenvalue weighted by molar-refractivity contribution is 7.88. The summed E-state index contributed by atoms with van der Waals surface area (Å²) in [6.45, 7) is -1.01. The third-order valence-corrected chi connectivity index (χ3v) is 5.77. The van der Waals surface area contributed by atoms with Gasteiger partial charge in [0.15, 0.2) is 5.96 Å². The van der Waals surface area contributed by atoms with E-state index < -0.39 is 46.8 Å². The molecular formula is C20H25ClN6O5S. The Bertz CT molecular complexity index is 1100. The van der Waals surface area contributed by atoms with Gasteiger partial charge in [-0.2, -0.15) is 0 Å². The predicted molar refractivity (Wildman–Crippen MR) is 125 cm³/mol. The van der Waals surface area contributed by atoms with Crippen molar-refractivity contribution in [2.24, 2.45) is 16.5 Å². The highest BCUT2D eigenvalue weighted by atomic mass is 35.5. The maximum Gasteiger partial charge on any atom is 0.240 e.